The number of rotatable bonds is 7. The Bertz CT molecular complexity index is 681. The number of quaternary nitrogens is 1. The largest absolute Gasteiger partial charge is 0.378 e. The fourth-order valence-corrected chi connectivity index (χ4v) is 2.85. The van der Waals surface area contributed by atoms with Crippen LogP contribution in [0.5, 0.6) is 0 Å². The van der Waals surface area contributed by atoms with Gasteiger partial charge in [0.15, 0.2) is 0 Å². The molecule has 25 heavy (non-hydrogen) atoms. The van der Waals surface area contributed by atoms with E-state index in [-0.39, 0.29) is 11.9 Å². The van der Waals surface area contributed by atoms with Crippen molar-refractivity contribution in [2.24, 2.45) is 0 Å². The van der Waals surface area contributed by atoms with Crippen LogP contribution in [0.25, 0.3) is 0 Å². The second kappa shape index (κ2) is 8.88. The Hall–Kier alpha value is -2.04. The average molecular weight is 361 g/mol. The summed E-state index contributed by atoms with van der Waals surface area (Å²) in [5.41, 5.74) is 3.35. The maximum absolute atomic E-state index is 12.2. The van der Waals surface area contributed by atoms with Crippen LogP contribution in [0.2, 0.25) is 5.02 Å². The molecule has 2 N–H and O–H groups in total. The fraction of sp³-hybridized carbons (Fsp3) is 0.350. The number of halogens is 1. The van der Waals surface area contributed by atoms with Crippen molar-refractivity contribution in [3.8, 4) is 0 Å². The molecule has 0 heterocycles. The van der Waals surface area contributed by atoms with Crippen LogP contribution >= 0.6 is 11.6 Å². The Balaban J connectivity index is 1.96. The topological polar surface area (TPSA) is 36.8 Å². The number of amides is 1. The molecule has 0 aromatic heterocycles. The Morgan fingerprint density at radius 1 is 1.08 bits per heavy atom. The molecular weight excluding hydrogens is 334 g/mol. The van der Waals surface area contributed by atoms with E-state index in [9.17, 15) is 4.79 Å². The number of nitrogens with one attached hydrogen (secondary N) is 2. The van der Waals surface area contributed by atoms with E-state index < -0.39 is 0 Å². The number of anilines is 1. The highest BCUT2D eigenvalue weighted by Crippen LogP contribution is 2.16. The lowest BCUT2D eigenvalue weighted by atomic mass is 10.0. The minimum atomic E-state index is 0.0264. The van der Waals surface area contributed by atoms with E-state index >= 15 is 0 Å². The number of benzene rings is 2. The monoisotopic (exact) mass is 360 g/mol. The Morgan fingerprint density at radius 3 is 2.20 bits per heavy atom. The SMILES string of the molecule is CN(C)c1ccc([C@H](CNC(=O)Cc2ccc(Cl)cc2)[NH+](C)C)cc1. The predicted octanol–water partition coefficient (Wildman–Crippen LogP) is 1.95. The van der Waals surface area contributed by atoms with Gasteiger partial charge in [0.25, 0.3) is 0 Å². The number of carbonyl (C=O) groups excluding carboxylic acids is 1. The van der Waals surface area contributed by atoms with E-state index in [1.807, 2.05) is 38.4 Å². The Kier molecular flexibility index (Phi) is 6.85. The van der Waals surface area contributed by atoms with Gasteiger partial charge in [0.2, 0.25) is 5.91 Å². The van der Waals surface area contributed by atoms with Gasteiger partial charge in [0.05, 0.1) is 27.1 Å². The van der Waals surface area contributed by atoms with Crippen LogP contribution in [0.4, 0.5) is 5.69 Å². The molecular formula is C20H27ClN3O+. The van der Waals surface area contributed by atoms with Gasteiger partial charge >= 0.3 is 0 Å². The molecule has 0 unspecified atom stereocenters. The molecule has 5 heteroatoms. The minimum Gasteiger partial charge on any atom is -0.378 e. The Labute approximate surface area is 155 Å². The average Bonchev–Trinajstić information content (AvgIpc) is 2.57. The van der Waals surface area contributed by atoms with Gasteiger partial charge in [0.1, 0.15) is 6.04 Å². The molecule has 2 aromatic carbocycles. The van der Waals surface area contributed by atoms with Crippen LogP contribution in [0, 0.1) is 0 Å². The zero-order valence-corrected chi connectivity index (χ0v) is 16.1. The van der Waals surface area contributed by atoms with Gasteiger partial charge in [-0.2, -0.15) is 0 Å². The van der Waals surface area contributed by atoms with Crippen molar-refractivity contribution >= 4 is 23.2 Å². The molecule has 0 aliphatic rings. The van der Waals surface area contributed by atoms with Crippen molar-refractivity contribution in [2.75, 3.05) is 39.6 Å². The summed E-state index contributed by atoms with van der Waals surface area (Å²) in [5, 5.41) is 3.74. The van der Waals surface area contributed by atoms with Crippen molar-refractivity contribution < 1.29 is 9.69 Å². The van der Waals surface area contributed by atoms with E-state index in [4.69, 9.17) is 11.6 Å². The molecule has 134 valence electrons. The first-order chi connectivity index (χ1) is 11.9. The summed E-state index contributed by atoms with van der Waals surface area (Å²) in [7, 11) is 8.27. The maximum atomic E-state index is 12.2. The van der Waals surface area contributed by atoms with Crippen molar-refractivity contribution in [3.63, 3.8) is 0 Å². The fourth-order valence-electron chi connectivity index (χ4n) is 2.73. The highest BCUT2D eigenvalue weighted by molar-refractivity contribution is 6.30. The number of hydrogen-bond donors (Lipinski definition) is 2. The number of likely N-dealkylation sites (N-methyl/N-ethyl adjacent to an activating group) is 1. The van der Waals surface area contributed by atoms with Gasteiger partial charge in [-0.05, 0) is 29.8 Å². The molecule has 1 amide bonds. The van der Waals surface area contributed by atoms with E-state index in [1.54, 1.807) is 0 Å². The molecule has 0 radical (unpaired) electrons. The highest BCUT2D eigenvalue weighted by atomic mass is 35.5. The van der Waals surface area contributed by atoms with Crippen LogP contribution in [0.1, 0.15) is 17.2 Å². The summed E-state index contributed by atoms with van der Waals surface area (Å²) in [6.07, 6.45) is 0.367. The van der Waals surface area contributed by atoms with Crippen LogP contribution in [-0.2, 0) is 11.2 Å². The standard InChI is InChI=1S/C20H26ClN3O/c1-23(2)18-11-7-16(8-12-18)19(24(3)4)14-22-20(25)13-15-5-9-17(21)10-6-15/h5-12,19H,13-14H2,1-4H3,(H,22,25)/p+1/t19-/m0/s1. The number of nitrogens with zero attached hydrogens (tertiary/aromatic N) is 1. The summed E-state index contributed by atoms with van der Waals surface area (Å²) in [4.78, 5) is 15.6. The molecule has 4 nitrogen and oxygen atoms in total. The maximum Gasteiger partial charge on any atom is 0.224 e. The zero-order chi connectivity index (χ0) is 18.4. The van der Waals surface area contributed by atoms with Crippen molar-refractivity contribution in [1.82, 2.24) is 5.32 Å². The van der Waals surface area contributed by atoms with Crippen molar-refractivity contribution in [2.45, 2.75) is 12.5 Å². The Morgan fingerprint density at radius 2 is 1.68 bits per heavy atom. The third-order valence-electron chi connectivity index (χ3n) is 4.29. The molecule has 0 spiro atoms. The van der Waals surface area contributed by atoms with Gasteiger partial charge in [-0.3, -0.25) is 4.79 Å². The van der Waals surface area contributed by atoms with Crippen LogP contribution in [-0.4, -0.2) is 40.6 Å². The summed E-state index contributed by atoms with van der Waals surface area (Å²) in [6, 6.07) is 16.1. The quantitative estimate of drug-likeness (QED) is 0.792. The number of hydrogen-bond acceptors (Lipinski definition) is 2. The second-order valence-electron chi connectivity index (χ2n) is 6.72. The van der Waals surface area contributed by atoms with Gasteiger partial charge in [-0.15, -0.1) is 0 Å². The second-order valence-corrected chi connectivity index (χ2v) is 7.16. The molecule has 2 aromatic rings. The normalized spacial score (nSPS) is 12.1. The van der Waals surface area contributed by atoms with Gasteiger partial charge in [0, 0.05) is 30.4 Å². The molecule has 0 saturated carbocycles. The summed E-state index contributed by atoms with van der Waals surface area (Å²) < 4.78 is 0. The molecule has 0 saturated heterocycles. The molecule has 0 aliphatic heterocycles. The third-order valence-corrected chi connectivity index (χ3v) is 4.54. The van der Waals surface area contributed by atoms with Crippen LogP contribution in [0.3, 0.4) is 0 Å². The predicted molar refractivity (Wildman–Crippen MR) is 104 cm³/mol. The highest BCUT2D eigenvalue weighted by Gasteiger charge is 2.19. The lowest BCUT2D eigenvalue weighted by molar-refractivity contribution is -0.890. The number of carbonyl (C=O) groups is 1. The van der Waals surface area contributed by atoms with Crippen LogP contribution in [0.15, 0.2) is 48.5 Å². The van der Waals surface area contributed by atoms with E-state index in [1.165, 1.54) is 16.2 Å². The smallest absolute Gasteiger partial charge is 0.224 e. The van der Waals surface area contributed by atoms with E-state index in [0.717, 1.165) is 5.56 Å². The summed E-state index contributed by atoms with van der Waals surface area (Å²) >= 11 is 5.88. The first-order valence-electron chi connectivity index (χ1n) is 8.45. The van der Waals surface area contributed by atoms with Gasteiger partial charge in [-0.25, -0.2) is 0 Å². The van der Waals surface area contributed by atoms with Crippen molar-refractivity contribution in [1.29, 1.82) is 0 Å². The molecule has 2 rings (SSSR count). The van der Waals surface area contributed by atoms with Gasteiger partial charge in [-0.1, -0.05) is 35.9 Å². The van der Waals surface area contributed by atoms with Gasteiger partial charge < -0.3 is 15.1 Å². The summed E-state index contributed by atoms with van der Waals surface area (Å²) in [5.74, 6) is 0.0264. The van der Waals surface area contributed by atoms with E-state index in [2.05, 4.69) is 48.6 Å². The summed E-state index contributed by atoms with van der Waals surface area (Å²) in [6.45, 7) is 0.607. The lowest BCUT2D eigenvalue weighted by Crippen LogP contribution is -3.07. The van der Waals surface area contributed by atoms with Crippen LogP contribution < -0.4 is 15.1 Å². The first kappa shape index (κ1) is 19.3. The lowest BCUT2D eigenvalue weighted by Gasteiger charge is -2.23. The van der Waals surface area contributed by atoms with E-state index in [0.29, 0.717) is 18.0 Å². The molecule has 1 atom stereocenters. The first-order valence-corrected chi connectivity index (χ1v) is 8.83. The zero-order valence-electron chi connectivity index (χ0n) is 15.3. The van der Waals surface area contributed by atoms with Crippen molar-refractivity contribution in [3.05, 3.63) is 64.7 Å². The third kappa shape index (κ3) is 5.76. The minimum absolute atomic E-state index is 0.0264. The molecule has 0 aliphatic carbocycles. The molecule has 0 bridgehead atoms. The molecule has 0 fully saturated rings.